The number of amides is 3. The van der Waals surface area contributed by atoms with E-state index in [9.17, 15) is 14.7 Å². The van der Waals surface area contributed by atoms with E-state index in [2.05, 4.69) is 12.2 Å². The number of nitrogens with one attached hydrogen (secondary N) is 1. The van der Waals surface area contributed by atoms with E-state index in [1.165, 1.54) is 5.56 Å². The van der Waals surface area contributed by atoms with E-state index in [1.807, 2.05) is 24.3 Å². The van der Waals surface area contributed by atoms with Gasteiger partial charge in [-0.1, -0.05) is 31.9 Å². The number of benzene rings is 1. The van der Waals surface area contributed by atoms with Crippen LogP contribution in [0.25, 0.3) is 0 Å². The Morgan fingerprint density at radius 2 is 1.92 bits per heavy atom. The third kappa shape index (κ3) is 3.24. The number of ether oxygens (including phenoxy) is 1. The third-order valence-electron chi connectivity index (χ3n) is 4.87. The highest BCUT2D eigenvalue weighted by Crippen LogP contribution is 2.35. The highest BCUT2D eigenvalue weighted by molar-refractivity contribution is 6.07. The van der Waals surface area contributed by atoms with E-state index in [0.29, 0.717) is 18.6 Å². The Morgan fingerprint density at radius 1 is 1.25 bits per heavy atom. The highest BCUT2D eigenvalue weighted by Gasteiger charge is 2.52. The number of rotatable bonds is 6. The number of imide groups is 1. The van der Waals surface area contributed by atoms with Gasteiger partial charge in [0, 0.05) is 0 Å². The second kappa shape index (κ2) is 6.81. The van der Waals surface area contributed by atoms with Crippen molar-refractivity contribution in [1.82, 2.24) is 10.2 Å². The van der Waals surface area contributed by atoms with Crippen LogP contribution in [0.5, 0.6) is 5.75 Å². The molecule has 24 heavy (non-hydrogen) atoms. The van der Waals surface area contributed by atoms with Crippen LogP contribution in [0.15, 0.2) is 24.3 Å². The Bertz CT molecular complexity index is 608. The average molecular weight is 332 g/mol. The van der Waals surface area contributed by atoms with Crippen LogP contribution < -0.4 is 10.1 Å². The monoisotopic (exact) mass is 332 g/mol. The molecule has 2 N–H and O–H groups in total. The van der Waals surface area contributed by atoms with Gasteiger partial charge in [-0.2, -0.15) is 0 Å². The van der Waals surface area contributed by atoms with E-state index in [-0.39, 0.29) is 19.1 Å². The van der Waals surface area contributed by atoms with Crippen molar-refractivity contribution in [3.63, 3.8) is 0 Å². The number of aryl methyl sites for hydroxylation is 1. The molecule has 0 bridgehead atoms. The maximum Gasteiger partial charge on any atom is 0.325 e. The van der Waals surface area contributed by atoms with Crippen molar-refractivity contribution in [3.8, 4) is 5.75 Å². The van der Waals surface area contributed by atoms with Gasteiger partial charge in [-0.3, -0.25) is 9.69 Å². The molecule has 0 unspecified atom stereocenters. The lowest BCUT2D eigenvalue weighted by atomic mass is 9.98. The SMILES string of the molecule is CCc1ccc(OC[C@H](O)CN2C(=O)NC3(CCCC3)C2=O)cc1. The average Bonchev–Trinajstić information content (AvgIpc) is 3.14. The van der Waals surface area contributed by atoms with E-state index < -0.39 is 17.7 Å². The van der Waals surface area contributed by atoms with Crippen LogP contribution in [-0.2, 0) is 11.2 Å². The van der Waals surface area contributed by atoms with Gasteiger partial charge in [0.25, 0.3) is 5.91 Å². The van der Waals surface area contributed by atoms with Crippen molar-refractivity contribution < 1.29 is 19.4 Å². The molecule has 3 rings (SSSR count). The fourth-order valence-corrected chi connectivity index (χ4v) is 3.44. The first-order valence-electron chi connectivity index (χ1n) is 8.58. The van der Waals surface area contributed by atoms with Gasteiger partial charge in [0.1, 0.15) is 24.0 Å². The van der Waals surface area contributed by atoms with Gasteiger partial charge in [-0.15, -0.1) is 0 Å². The standard InChI is InChI=1S/C18H24N2O4/c1-2-13-5-7-15(8-6-13)24-12-14(21)11-20-16(22)18(19-17(20)23)9-3-4-10-18/h5-8,14,21H,2-4,9-12H2,1H3,(H,19,23)/t14-/m1/s1. The second-order valence-electron chi connectivity index (χ2n) is 6.60. The van der Waals surface area contributed by atoms with E-state index in [1.54, 1.807) is 0 Å². The summed E-state index contributed by atoms with van der Waals surface area (Å²) in [6, 6.07) is 7.25. The molecule has 2 fully saturated rings. The number of nitrogens with zero attached hydrogens (tertiary/aromatic N) is 1. The van der Waals surface area contributed by atoms with Crippen molar-refractivity contribution in [2.75, 3.05) is 13.2 Å². The maximum atomic E-state index is 12.5. The molecule has 3 amide bonds. The molecule has 1 heterocycles. The number of aliphatic hydroxyl groups excluding tert-OH is 1. The summed E-state index contributed by atoms with van der Waals surface area (Å²) >= 11 is 0. The Hall–Kier alpha value is -2.08. The summed E-state index contributed by atoms with van der Waals surface area (Å²) in [6.45, 7) is 2.07. The van der Waals surface area contributed by atoms with Crippen LogP contribution in [-0.4, -0.2) is 46.7 Å². The summed E-state index contributed by atoms with van der Waals surface area (Å²) in [5.74, 6) is 0.451. The van der Waals surface area contributed by atoms with Crippen LogP contribution in [0.4, 0.5) is 4.79 Å². The molecule has 1 aliphatic heterocycles. The molecule has 1 aromatic carbocycles. The fraction of sp³-hybridized carbons (Fsp3) is 0.556. The largest absolute Gasteiger partial charge is 0.491 e. The minimum absolute atomic E-state index is 0.0372. The predicted molar refractivity (Wildman–Crippen MR) is 88.8 cm³/mol. The Labute approximate surface area is 141 Å². The minimum Gasteiger partial charge on any atom is -0.491 e. The van der Waals surface area contributed by atoms with Gasteiger partial charge in [-0.05, 0) is 37.0 Å². The molecule has 0 aromatic heterocycles. The van der Waals surface area contributed by atoms with Crippen LogP contribution in [0.2, 0.25) is 0 Å². The van der Waals surface area contributed by atoms with Gasteiger partial charge < -0.3 is 15.2 Å². The fourth-order valence-electron chi connectivity index (χ4n) is 3.44. The van der Waals surface area contributed by atoms with Crippen LogP contribution in [0, 0.1) is 0 Å². The molecule has 1 saturated heterocycles. The Kier molecular flexibility index (Phi) is 4.76. The van der Waals surface area contributed by atoms with E-state index >= 15 is 0 Å². The molecule has 6 heteroatoms. The molecule has 1 spiro atoms. The smallest absolute Gasteiger partial charge is 0.325 e. The molecular formula is C18H24N2O4. The summed E-state index contributed by atoms with van der Waals surface area (Å²) in [7, 11) is 0. The van der Waals surface area contributed by atoms with Gasteiger partial charge in [0.05, 0.1) is 6.54 Å². The summed E-state index contributed by atoms with van der Waals surface area (Å²) in [6.07, 6.45) is 3.30. The zero-order chi connectivity index (χ0) is 17.2. The highest BCUT2D eigenvalue weighted by atomic mass is 16.5. The first-order valence-corrected chi connectivity index (χ1v) is 8.58. The normalized spacial score (nSPS) is 20.5. The van der Waals surface area contributed by atoms with Crippen LogP contribution in [0.1, 0.15) is 38.2 Å². The van der Waals surface area contributed by atoms with Crippen LogP contribution >= 0.6 is 0 Å². The topological polar surface area (TPSA) is 78.9 Å². The molecule has 1 saturated carbocycles. The lowest BCUT2D eigenvalue weighted by Gasteiger charge is -2.21. The van der Waals surface area contributed by atoms with Gasteiger partial charge in [-0.25, -0.2) is 4.79 Å². The zero-order valence-electron chi connectivity index (χ0n) is 14.0. The van der Waals surface area contributed by atoms with Crippen molar-refractivity contribution in [2.24, 2.45) is 0 Å². The van der Waals surface area contributed by atoms with E-state index in [4.69, 9.17) is 4.74 Å². The minimum atomic E-state index is -0.915. The van der Waals surface area contributed by atoms with Crippen molar-refractivity contribution in [1.29, 1.82) is 0 Å². The van der Waals surface area contributed by atoms with E-state index in [0.717, 1.165) is 24.2 Å². The number of β-amino-alcohol motifs (C(OH)–C–C–N with tert-alkyl or cyclic N) is 1. The molecule has 2 aliphatic rings. The second-order valence-corrected chi connectivity index (χ2v) is 6.60. The molecule has 1 aromatic rings. The summed E-state index contributed by atoms with van der Waals surface area (Å²) in [4.78, 5) is 25.7. The Balaban J connectivity index is 1.53. The quantitative estimate of drug-likeness (QED) is 0.779. The lowest BCUT2D eigenvalue weighted by molar-refractivity contribution is -0.132. The number of hydrogen-bond acceptors (Lipinski definition) is 4. The zero-order valence-corrected chi connectivity index (χ0v) is 14.0. The van der Waals surface area contributed by atoms with Crippen molar-refractivity contribution in [3.05, 3.63) is 29.8 Å². The molecule has 130 valence electrons. The summed E-state index contributed by atoms with van der Waals surface area (Å²) in [5, 5.41) is 12.9. The van der Waals surface area contributed by atoms with Gasteiger partial charge in [0.2, 0.25) is 0 Å². The van der Waals surface area contributed by atoms with Crippen LogP contribution in [0.3, 0.4) is 0 Å². The number of hydrogen-bond donors (Lipinski definition) is 2. The Morgan fingerprint density at radius 3 is 2.54 bits per heavy atom. The molecule has 1 atom stereocenters. The number of carbonyl (C=O) groups excluding carboxylic acids is 2. The summed E-state index contributed by atoms with van der Waals surface area (Å²) < 4.78 is 5.55. The molecular weight excluding hydrogens is 308 g/mol. The first kappa shape index (κ1) is 16.8. The number of aliphatic hydroxyl groups is 1. The first-order chi connectivity index (χ1) is 11.5. The van der Waals surface area contributed by atoms with Crippen molar-refractivity contribution >= 4 is 11.9 Å². The lowest BCUT2D eigenvalue weighted by Crippen LogP contribution is -2.45. The molecule has 6 nitrogen and oxygen atoms in total. The third-order valence-corrected chi connectivity index (χ3v) is 4.87. The summed E-state index contributed by atoms with van der Waals surface area (Å²) in [5.41, 5.74) is 0.484. The number of urea groups is 1. The molecule has 1 aliphatic carbocycles. The van der Waals surface area contributed by atoms with Gasteiger partial charge >= 0.3 is 6.03 Å². The number of carbonyl (C=O) groups is 2. The van der Waals surface area contributed by atoms with Crippen molar-refractivity contribution in [2.45, 2.75) is 50.7 Å². The predicted octanol–water partition coefficient (Wildman–Crippen LogP) is 1.85. The van der Waals surface area contributed by atoms with Gasteiger partial charge in [0.15, 0.2) is 0 Å². The molecule has 0 radical (unpaired) electrons. The maximum absolute atomic E-state index is 12.5.